The number of rotatable bonds is 16. The molecule has 3 aliphatic heterocycles. The van der Waals surface area contributed by atoms with Crippen molar-refractivity contribution < 1.29 is 14.6 Å². The molecule has 0 aromatic heterocycles. The van der Waals surface area contributed by atoms with Crippen LogP contribution in [0.1, 0.15) is 90.4 Å². The van der Waals surface area contributed by atoms with Crippen molar-refractivity contribution in [2.45, 2.75) is 109 Å². The molecule has 3 rings (SSSR count). The van der Waals surface area contributed by atoms with E-state index >= 15 is 0 Å². The lowest BCUT2D eigenvalue weighted by Gasteiger charge is -2.43. The second-order valence-corrected chi connectivity index (χ2v) is 11.4. The number of fused-ring (bicyclic) bond motifs is 1. The van der Waals surface area contributed by atoms with Gasteiger partial charge in [-0.2, -0.15) is 0 Å². The van der Waals surface area contributed by atoms with Gasteiger partial charge >= 0.3 is 0 Å². The Morgan fingerprint density at radius 2 is 1.65 bits per heavy atom. The highest BCUT2D eigenvalue weighted by molar-refractivity contribution is 4.81. The van der Waals surface area contributed by atoms with Crippen LogP contribution in [0.15, 0.2) is 0 Å². The summed E-state index contributed by atoms with van der Waals surface area (Å²) in [5.74, 6) is 0. The number of hydrogen-bond donors (Lipinski definition) is 2. The monoisotopic (exact) mass is 525 g/mol. The molecule has 3 saturated heterocycles. The van der Waals surface area contributed by atoms with E-state index in [1.54, 1.807) is 0 Å². The van der Waals surface area contributed by atoms with E-state index in [0.717, 1.165) is 32.7 Å². The zero-order chi connectivity index (χ0) is 26.1. The number of nitrogens with one attached hydrogen (secondary N) is 1. The molecule has 3 unspecified atom stereocenters. The summed E-state index contributed by atoms with van der Waals surface area (Å²) in [5, 5.41) is 13.5. The van der Waals surface area contributed by atoms with E-state index in [4.69, 9.17) is 9.47 Å². The third kappa shape index (κ3) is 11.8. The minimum Gasteiger partial charge on any atom is -0.346 e. The summed E-state index contributed by atoms with van der Waals surface area (Å²) in [7, 11) is 1.48. The summed E-state index contributed by atoms with van der Waals surface area (Å²) in [6, 6.07) is 0. The Morgan fingerprint density at radius 3 is 2.51 bits per heavy atom. The van der Waals surface area contributed by atoms with Gasteiger partial charge in [0.15, 0.2) is 0 Å². The van der Waals surface area contributed by atoms with Crippen molar-refractivity contribution in [2.24, 2.45) is 0 Å². The number of methoxy groups -OCH3 is 1. The van der Waals surface area contributed by atoms with Crippen LogP contribution in [-0.2, 0) is 9.47 Å². The van der Waals surface area contributed by atoms with Crippen LogP contribution in [0.5, 0.6) is 0 Å². The Labute approximate surface area is 228 Å². The lowest BCUT2D eigenvalue weighted by molar-refractivity contribution is -0.251. The smallest absolute Gasteiger partial charge is 0.268 e. The first kappa shape index (κ1) is 31.2. The Bertz CT molecular complexity index is 564. The molecule has 0 radical (unpaired) electrons. The molecule has 0 spiro atoms. The normalized spacial score (nSPS) is 25.5. The predicted octanol–water partition coefficient (Wildman–Crippen LogP) is 3.51. The standard InChI is InChI=1S/C29H59N5O3/c1-3-17-32(27-14-7-4-5-9-16-30-27)21-11-18-31(25-26-37-29(35)36-2)19-12-22-34-24-13-23-33-20-10-6-8-15-28(33)34/h27-30,35H,3-26H2,1-2H3. The maximum Gasteiger partial charge on any atom is 0.268 e. The van der Waals surface area contributed by atoms with Gasteiger partial charge in [0, 0.05) is 39.8 Å². The molecule has 0 aliphatic carbocycles. The highest BCUT2D eigenvalue weighted by atomic mass is 16.8. The predicted molar refractivity (Wildman–Crippen MR) is 151 cm³/mol. The lowest BCUT2D eigenvalue weighted by atomic mass is 10.1. The largest absolute Gasteiger partial charge is 0.346 e. The van der Waals surface area contributed by atoms with Crippen LogP contribution in [0.3, 0.4) is 0 Å². The molecule has 218 valence electrons. The fourth-order valence-electron chi connectivity index (χ4n) is 6.60. The summed E-state index contributed by atoms with van der Waals surface area (Å²) in [4.78, 5) is 10.8. The molecule has 0 saturated carbocycles. The molecule has 37 heavy (non-hydrogen) atoms. The summed E-state index contributed by atoms with van der Waals surface area (Å²) in [5.41, 5.74) is 0. The quantitative estimate of drug-likeness (QED) is 0.297. The number of ether oxygens (including phenoxy) is 2. The average Bonchev–Trinajstić information content (AvgIpc) is 3.14. The van der Waals surface area contributed by atoms with E-state index < -0.39 is 6.48 Å². The van der Waals surface area contributed by atoms with Crippen LogP contribution >= 0.6 is 0 Å². The lowest BCUT2D eigenvalue weighted by Crippen LogP contribution is -2.53. The molecule has 0 amide bonds. The summed E-state index contributed by atoms with van der Waals surface area (Å²) in [6.45, 7) is 13.2. The van der Waals surface area contributed by atoms with Crippen molar-refractivity contribution in [1.29, 1.82) is 0 Å². The van der Waals surface area contributed by atoms with Crippen LogP contribution in [0.4, 0.5) is 0 Å². The van der Waals surface area contributed by atoms with Gasteiger partial charge in [0.25, 0.3) is 6.48 Å². The van der Waals surface area contributed by atoms with Gasteiger partial charge in [-0.1, -0.05) is 39.0 Å². The van der Waals surface area contributed by atoms with Crippen LogP contribution in [-0.4, -0.2) is 123 Å². The first-order valence-corrected chi connectivity index (χ1v) is 15.7. The van der Waals surface area contributed by atoms with Gasteiger partial charge in [0.1, 0.15) is 0 Å². The topological polar surface area (TPSA) is 63.7 Å². The van der Waals surface area contributed by atoms with Crippen molar-refractivity contribution in [2.75, 3.05) is 79.2 Å². The van der Waals surface area contributed by atoms with Crippen molar-refractivity contribution in [1.82, 2.24) is 24.9 Å². The Hall–Kier alpha value is -0.320. The van der Waals surface area contributed by atoms with E-state index in [9.17, 15) is 5.11 Å². The average molecular weight is 526 g/mol. The number of hydrogen-bond acceptors (Lipinski definition) is 8. The van der Waals surface area contributed by atoms with Crippen molar-refractivity contribution in [3.8, 4) is 0 Å². The van der Waals surface area contributed by atoms with Crippen LogP contribution in [0.2, 0.25) is 0 Å². The van der Waals surface area contributed by atoms with E-state index in [2.05, 4.69) is 31.8 Å². The second kappa shape index (κ2) is 18.9. The fourth-order valence-corrected chi connectivity index (χ4v) is 6.60. The van der Waals surface area contributed by atoms with Gasteiger partial charge < -0.3 is 24.8 Å². The Morgan fingerprint density at radius 1 is 0.865 bits per heavy atom. The van der Waals surface area contributed by atoms with Crippen molar-refractivity contribution in [3.63, 3.8) is 0 Å². The van der Waals surface area contributed by atoms with Gasteiger partial charge in [0.05, 0.1) is 18.9 Å². The van der Waals surface area contributed by atoms with E-state index in [1.165, 1.54) is 123 Å². The molecule has 8 heteroatoms. The molecule has 0 aromatic rings. The zero-order valence-electron chi connectivity index (χ0n) is 24.3. The SMILES string of the molecule is CCCN(CCCN(CCCN1CCCN2CCCCCC21)CCOC(O)OC)C1CCCCCCN1. The van der Waals surface area contributed by atoms with E-state index in [1.807, 2.05) is 0 Å². The van der Waals surface area contributed by atoms with Crippen molar-refractivity contribution >= 4 is 0 Å². The first-order chi connectivity index (χ1) is 18.2. The number of aliphatic hydroxyl groups excluding tert-OH is 1. The molecule has 0 bridgehead atoms. The van der Waals surface area contributed by atoms with Crippen molar-refractivity contribution in [3.05, 3.63) is 0 Å². The zero-order valence-corrected chi connectivity index (χ0v) is 24.3. The first-order valence-electron chi connectivity index (χ1n) is 15.7. The van der Waals surface area contributed by atoms with Gasteiger partial charge in [-0.15, -0.1) is 0 Å². The number of nitrogens with zero attached hydrogens (tertiary/aromatic N) is 4. The molecular weight excluding hydrogens is 466 g/mol. The molecule has 3 aliphatic rings. The minimum atomic E-state index is -1.12. The van der Waals surface area contributed by atoms with E-state index in [0.29, 0.717) is 18.9 Å². The molecule has 8 nitrogen and oxygen atoms in total. The summed E-state index contributed by atoms with van der Waals surface area (Å²) < 4.78 is 10.3. The molecule has 3 heterocycles. The second-order valence-electron chi connectivity index (χ2n) is 11.4. The van der Waals surface area contributed by atoms with Crippen LogP contribution < -0.4 is 5.32 Å². The van der Waals surface area contributed by atoms with Crippen LogP contribution in [0.25, 0.3) is 0 Å². The minimum absolute atomic E-state index is 0.498. The number of aliphatic hydroxyl groups is 1. The van der Waals surface area contributed by atoms with Crippen LogP contribution in [0, 0.1) is 0 Å². The van der Waals surface area contributed by atoms with Gasteiger partial charge in [-0.25, -0.2) is 0 Å². The third-order valence-corrected chi connectivity index (χ3v) is 8.59. The van der Waals surface area contributed by atoms with Gasteiger partial charge in [-0.3, -0.25) is 14.7 Å². The molecule has 3 atom stereocenters. The molecule has 0 aromatic carbocycles. The Balaban J connectivity index is 1.46. The maximum atomic E-state index is 9.66. The summed E-state index contributed by atoms with van der Waals surface area (Å²) >= 11 is 0. The van der Waals surface area contributed by atoms with Gasteiger partial charge in [-0.05, 0) is 84.1 Å². The molecule has 3 fully saturated rings. The molecular formula is C29H59N5O3. The van der Waals surface area contributed by atoms with Gasteiger partial charge in [0.2, 0.25) is 0 Å². The maximum absolute atomic E-state index is 9.66. The highest BCUT2D eigenvalue weighted by Crippen LogP contribution is 2.24. The highest BCUT2D eigenvalue weighted by Gasteiger charge is 2.29. The fraction of sp³-hybridized carbons (Fsp3) is 1.00. The summed E-state index contributed by atoms with van der Waals surface area (Å²) in [6.07, 6.45) is 18.3. The third-order valence-electron chi connectivity index (χ3n) is 8.59. The Kier molecular flexibility index (Phi) is 15.9. The molecule has 2 N–H and O–H groups in total. The van der Waals surface area contributed by atoms with E-state index in [-0.39, 0.29) is 0 Å².